The van der Waals surface area contributed by atoms with Gasteiger partial charge in [-0.05, 0) is 49.7 Å². The summed E-state index contributed by atoms with van der Waals surface area (Å²) in [6, 6.07) is 0. The van der Waals surface area contributed by atoms with Crippen molar-refractivity contribution in [3.63, 3.8) is 0 Å². The molecule has 1 aliphatic rings. The largest absolute Gasteiger partial charge is 0.414 e. The molecule has 1 rings (SSSR count). The molecule has 0 amide bonds. The van der Waals surface area contributed by atoms with Crippen LogP contribution in [0.1, 0.15) is 91.9 Å². The molecule has 0 N–H and O–H groups in total. The van der Waals surface area contributed by atoms with Crippen molar-refractivity contribution in [2.24, 2.45) is 11.8 Å². The van der Waals surface area contributed by atoms with Gasteiger partial charge in [-0.25, -0.2) is 0 Å². The van der Waals surface area contributed by atoms with E-state index in [0.29, 0.717) is 17.9 Å². The van der Waals surface area contributed by atoms with Crippen molar-refractivity contribution in [1.82, 2.24) is 0 Å². The van der Waals surface area contributed by atoms with E-state index in [9.17, 15) is 0 Å². The number of rotatable bonds is 16. The second kappa shape index (κ2) is 15.3. The van der Waals surface area contributed by atoms with Crippen LogP contribution in [0.3, 0.4) is 0 Å². The Hall–Kier alpha value is 0.317. The van der Waals surface area contributed by atoms with Gasteiger partial charge in [0, 0.05) is 25.5 Å². The molecule has 0 aliphatic heterocycles. The van der Waals surface area contributed by atoms with Crippen molar-refractivity contribution in [2.45, 2.75) is 128 Å². The van der Waals surface area contributed by atoms with Crippen LogP contribution in [0.4, 0.5) is 0 Å². The van der Waals surface area contributed by atoms with E-state index in [2.05, 4.69) is 68.9 Å². The zero-order valence-electron chi connectivity index (χ0n) is 22.4. The lowest BCUT2D eigenvalue weighted by Gasteiger charge is -2.40. The van der Waals surface area contributed by atoms with Crippen LogP contribution in [0.5, 0.6) is 0 Å². The third-order valence-corrected chi connectivity index (χ3v) is 12.8. The summed E-state index contributed by atoms with van der Waals surface area (Å²) in [5.41, 5.74) is 0. The Morgan fingerprint density at radius 2 is 1.69 bits per heavy atom. The van der Waals surface area contributed by atoms with E-state index in [0.717, 1.165) is 18.2 Å². The summed E-state index contributed by atoms with van der Waals surface area (Å²) in [6.45, 7) is 14.1. The van der Waals surface area contributed by atoms with Crippen molar-refractivity contribution < 1.29 is 13.9 Å². The van der Waals surface area contributed by atoms with Crippen molar-refractivity contribution in [3.8, 4) is 0 Å². The summed E-state index contributed by atoms with van der Waals surface area (Å²) in [4.78, 5) is 0. The van der Waals surface area contributed by atoms with Gasteiger partial charge in [0.25, 0.3) is 0 Å². The highest BCUT2D eigenvalue weighted by atomic mass is 79.9. The molecule has 1 unspecified atom stereocenters. The molecule has 32 heavy (non-hydrogen) atoms. The molecule has 1 aliphatic carbocycles. The van der Waals surface area contributed by atoms with Crippen LogP contribution in [0.2, 0.25) is 18.1 Å². The fraction of sp³-hybridized carbons (Fsp3) is 0.926. The molecule has 1 saturated carbocycles. The molecule has 0 saturated heterocycles. The molecule has 0 heterocycles. The van der Waals surface area contributed by atoms with Gasteiger partial charge in [-0.15, -0.1) is 0 Å². The summed E-state index contributed by atoms with van der Waals surface area (Å²) >= 11 is 3.57. The van der Waals surface area contributed by atoms with Crippen molar-refractivity contribution in [2.75, 3.05) is 19.5 Å². The number of unbranched alkanes of at least 4 members (excludes halogenated alkanes) is 5. The van der Waals surface area contributed by atoms with Gasteiger partial charge >= 0.3 is 0 Å². The van der Waals surface area contributed by atoms with Crippen LogP contribution in [-0.4, -0.2) is 46.2 Å². The number of halogens is 1. The molecule has 190 valence electrons. The summed E-state index contributed by atoms with van der Waals surface area (Å²) in [6.07, 6.45) is 17.7. The Kier molecular flexibility index (Phi) is 14.5. The zero-order chi connectivity index (χ0) is 24.2. The molecular formula is C27H53BrO3Si. The molecule has 0 aromatic carbocycles. The number of methoxy groups -OCH3 is 2. The van der Waals surface area contributed by atoms with Crippen LogP contribution in [-0.2, 0) is 13.9 Å². The van der Waals surface area contributed by atoms with Crippen LogP contribution in [0.25, 0.3) is 0 Å². The van der Waals surface area contributed by atoms with E-state index in [1.807, 2.05) is 14.2 Å². The quantitative estimate of drug-likeness (QED) is 0.0861. The summed E-state index contributed by atoms with van der Waals surface area (Å²) < 4.78 is 18.8. The fourth-order valence-corrected chi connectivity index (χ4v) is 6.42. The highest BCUT2D eigenvalue weighted by molar-refractivity contribution is 9.09. The average Bonchev–Trinajstić information content (AvgIpc) is 3.05. The third-order valence-electron chi connectivity index (χ3n) is 7.78. The number of ether oxygens (including phenoxy) is 2. The second-order valence-electron chi connectivity index (χ2n) is 11.2. The molecule has 0 spiro atoms. The molecule has 0 radical (unpaired) electrons. The minimum absolute atomic E-state index is 0.207. The zero-order valence-corrected chi connectivity index (χ0v) is 25.0. The Bertz CT molecular complexity index is 518. The Morgan fingerprint density at radius 3 is 2.25 bits per heavy atom. The summed E-state index contributed by atoms with van der Waals surface area (Å²) in [5, 5.41) is 1.34. The van der Waals surface area contributed by atoms with E-state index >= 15 is 0 Å². The molecule has 1 fully saturated rings. The molecule has 0 aromatic rings. The van der Waals surface area contributed by atoms with Gasteiger partial charge in [0.2, 0.25) is 0 Å². The molecule has 3 nitrogen and oxygen atoms in total. The lowest BCUT2D eigenvalue weighted by Crippen LogP contribution is -2.45. The normalized spacial score (nSPS) is 25.7. The predicted octanol–water partition coefficient (Wildman–Crippen LogP) is 8.52. The minimum Gasteiger partial charge on any atom is -0.414 e. The SMILES string of the molecule is CCCCC[C@@H](/C=C/C1[C@@H](CCCCCCBr)[C@@H](O[Si](C)(C)C(C)(C)C)C[C@H]1OC)OC. The van der Waals surface area contributed by atoms with E-state index in [1.54, 1.807) is 0 Å². The van der Waals surface area contributed by atoms with Gasteiger partial charge in [-0.3, -0.25) is 0 Å². The van der Waals surface area contributed by atoms with Gasteiger partial charge in [0.05, 0.1) is 18.3 Å². The first-order chi connectivity index (χ1) is 15.1. The third kappa shape index (κ3) is 9.89. The van der Waals surface area contributed by atoms with Crippen LogP contribution in [0.15, 0.2) is 12.2 Å². The van der Waals surface area contributed by atoms with E-state index in [4.69, 9.17) is 13.9 Å². The van der Waals surface area contributed by atoms with E-state index in [1.165, 1.54) is 51.4 Å². The minimum atomic E-state index is -1.83. The van der Waals surface area contributed by atoms with Crippen LogP contribution in [0, 0.1) is 11.8 Å². The van der Waals surface area contributed by atoms with Crippen molar-refractivity contribution in [3.05, 3.63) is 12.2 Å². The Labute approximate surface area is 209 Å². The first kappa shape index (κ1) is 30.3. The molecule has 0 bridgehead atoms. The predicted molar refractivity (Wildman–Crippen MR) is 145 cm³/mol. The first-order valence-corrected chi connectivity index (χ1v) is 17.1. The average molecular weight is 534 g/mol. The lowest BCUT2D eigenvalue weighted by molar-refractivity contribution is 0.0744. The van der Waals surface area contributed by atoms with Gasteiger partial charge < -0.3 is 13.9 Å². The second-order valence-corrected chi connectivity index (χ2v) is 16.8. The van der Waals surface area contributed by atoms with Gasteiger partial charge in [0.15, 0.2) is 8.32 Å². The van der Waals surface area contributed by atoms with Crippen LogP contribution >= 0.6 is 15.9 Å². The van der Waals surface area contributed by atoms with Crippen molar-refractivity contribution >= 4 is 24.2 Å². The Morgan fingerprint density at radius 1 is 1.00 bits per heavy atom. The van der Waals surface area contributed by atoms with E-state index < -0.39 is 8.32 Å². The lowest BCUT2D eigenvalue weighted by atomic mass is 9.87. The maximum Gasteiger partial charge on any atom is 0.192 e. The highest BCUT2D eigenvalue weighted by Gasteiger charge is 2.47. The fourth-order valence-electron chi connectivity index (χ4n) is 4.64. The number of hydrogen-bond acceptors (Lipinski definition) is 3. The molecule has 5 atom stereocenters. The van der Waals surface area contributed by atoms with E-state index in [-0.39, 0.29) is 17.2 Å². The van der Waals surface area contributed by atoms with Crippen LogP contribution < -0.4 is 0 Å². The molecule has 0 aromatic heterocycles. The van der Waals surface area contributed by atoms with Gasteiger partial charge in [0.1, 0.15) is 0 Å². The van der Waals surface area contributed by atoms with Crippen molar-refractivity contribution in [1.29, 1.82) is 0 Å². The Balaban J connectivity index is 2.98. The van der Waals surface area contributed by atoms with Gasteiger partial charge in [-0.2, -0.15) is 0 Å². The maximum absolute atomic E-state index is 7.02. The standard InChI is InChI=1S/C27H53BrO3Si/c1-9-10-13-16-22(29-5)18-19-24-23(17-14-11-12-15-20-28)26(21-25(24)30-6)31-32(7,8)27(2,3)4/h18-19,22-26H,9-17,20-21H2,1-8H3/b19-18+/t22-,23+,24?,25+,26-/m0/s1. The molecular weight excluding hydrogens is 480 g/mol. The monoisotopic (exact) mass is 532 g/mol. The topological polar surface area (TPSA) is 27.7 Å². The van der Waals surface area contributed by atoms with Gasteiger partial charge in [-0.1, -0.05) is 94.3 Å². The summed E-state index contributed by atoms with van der Waals surface area (Å²) in [7, 11) is 1.89. The number of hydrogen-bond donors (Lipinski definition) is 0. The summed E-state index contributed by atoms with van der Waals surface area (Å²) in [5.74, 6) is 0.942. The highest BCUT2D eigenvalue weighted by Crippen LogP contribution is 2.45. The number of alkyl halides is 1. The maximum atomic E-state index is 7.02. The first-order valence-electron chi connectivity index (χ1n) is 13.1. The smallest absolute Gasteiger partial charge is 0.192 e. The molecule has 5 heteroatoms.